The Labute approximate surface area is 128 Å². The minimum Gasteiger partial charge on any atom is -0.465 e. The second kappa shape index (κ2) is 7.78. The molecule has 0 radical (unpaired) electrons. The molecule has 0 bridgehead atoms. The van der Waals surface area contributed by atoms with Crippen LogP contribution in [0.15, 0.2) is 0 Å². The Morgan fingerprint density at radius 1 is 1.38 bits per heavy atom. The fraction of sp³-hybridized carbons (Fsp3) is 0.875. The summed E-state index contributed by atoms with van der Waals surface area (Å²) in [6.45, 7) is 10.2. The van der Waals surface area contributed by atoms with Crippen molar-refractivity contribution >= 4 is 11.9 Å². The van der Waals surface area contributed by atoms with Crippen LogP contribution in [0.4, 0.5) is 0 Å². The molecule has 2 unspecified atom stereocenters. The lowest BCUT2D eigenvalue weighted by molar-refractivity contribution is -0.161. The zero-order valence-electron chi connectivity index (χ0n) is 14.1. The third kappa shape index (κ3) is 4.99. The predicted octanol–water partition coefficient (Wildman–Crippen LogP) is 1.67. The second-order valence-corrected chi connectivity index (χ2v) is 6.90. The zero-order valence-corrected chi connectivity index (χ0v) is 14.1. The summed E-state index contributed by atoms with van der Waals surface area (Å²) in [7, 11) is 1.93. The first-order valence-corrected chi connectivity index (χ1v) is 7.91. The molecule has 1 heterocycles. The van der Waals surface area contributed by atoms with Gasteiger partial charge in [0.15, 0.2) is 0 Å². The van der Waals surface area contributed by atoms with Crippen molar-refractivity contribution in [3.05, 3.63) is 0 Å². The number of hydrogen-bond acceptors (Lipinski definition) is 4. The largest absolute Gasteiger partial charge is 0.465 e. The van der Waals surface area contributed by atoms with Crippen LogP contribution in [0.3, 0.4) is 0 Å². The number of nitrogens with one attached hydrogen (secondary N) is 1. The SMILES string of the molecule is CCOC(=O)C(C(=O)N1CCCC(CNC)C1)C(C)(C)C. The standard InChI is InChI=1S/C16H30N2O3/c1-6-21-15(20)13(16(2,3)4)14(19)18-9-7-8-12(11-18)10-17-5/h12-13,17H,6-11H2,1-5H3. The molecule has 0 aromatic rings. The molecule has 1 N–H and O–H groups in total. The van der Waals surface area contributed by atoms with Crippen molar-refractivity contribution in [2.45, 2.75) is 40.5 Å². The molecule has 2 atom stereocenters. The molecule has 1 aliphatic heterocycles. The van der Waals surface area contributed by atoms with Gasteiger partial charge in [-0.15, -0.1) is 0 Å². The molecule has 0 aromatic heterocycles. The molecule has 1 fully saturated rings. The van der Waals surface area contributed by atoms with Crippen molar-refractivity contribution in [3.8, 4) is 0 Å². The lowest BCUT2D eigenvalue weighted by Crippen LogP contribution is -2.50. The van der Waals surface area contributed by atoms with Gasteiger partial charge in [-0.2, -0.15) is 0 Å². The maximum absolute atomic E-state index is 12.8. The van der Waals surface area contributed by atoms with E-state index in [4.69, 9.17) is 4.74 Å². The minimum absolute atomic E-state index is 0.0817. The molecule has 1 amide bonds. The van der Waals surface area contributed by atoms with Crippen LogP contribution < -0.4 is 5.32 Å². The van der Waals surface area contributed by atoms with Crippen molar-refractivity contribution in [2.75, 3.05) is 33.3 Å². The van der Waals surface area contributed by atoms with Crippen LogP contribution in [0.2, 0.25) is 0 Å². The number of esters is 1. The Kier molecular flexibility index (Phi) is 6.65. The van der Waals surface area contributed by atoms with Gasteiger partial charge in [0, 0.05) is 13.1 Å². The Morgan fingerprint density at radius 3 is 2.57 bits per heavy atom. The fourth-order valence-corrected chi connectivity index (χ4v) is 2.95. The lowest BCUT2D eigenvalue weighted by atomic mass is 9.79. The van der Waals surface area contributed by atoms with Gasteiger partial charge >= 0.3 is 5.97 Å². The van der Waals surface area contributed by atoms with E-state index in [1.165, 1.54) is 0 Å². The van der Waals surface area contributed by atoms with Gasteiger partial charge in [-0.3, -0.25) is 9.59 Å². The summed E-state index contributed by atoms with van der Waals surface area (Å²) < 4.78 is 5.12. The molecule has 5 heteroatoms. The number of rotatable bonds is 5. The minimum atomic E-state index is -0.717. The number of amides is 1. The second-order valence-electron chi connectivity index (χ2n) is 6.90. The highest BCUT2D eigenvalue weighted by Crippen LogP contribution is 2.30. The van der Waals surface area contributed by atoms with Crippen molar-refractivity contribution in [1.82, 2.24) is 10.2 Å². The molecule has 0 aromatic carbocycles. The smallest absolute Gasteiger partial charge is 0.319 e. The Bertz CT molecular complexity index is 361. The van der Waals surface area contributed by atoms with Gasteiger partial charge in [0.05, 0.1) is 6.61 Å². The van der Waals surface area contributed by atoms with Gasteiger partial charge < -0.3 is 15.0 Å². The fourth-order valence-electron chi connectivity index (χ4n) is 2.95. The number of piperidine rings is 1. The molecule has 0 spiro atoms. The van der Waals surface area contributed by atoms with Crippen LogP contribution in [0.1, 0.15) is 40.5 Å². The number of carbonyl (C=O) groups excluding carboxylic acids is 2. The third-order valence-corrected chi connectivity index (χ3v) is 3.96. The summed E-state index contributed by atoms with van der Waals surface area (Å²) in [5.74, 6) is -0.728. The molecular formula is C16H30N2O3. The molecular weight excluding hydrogens is 268 g/mol. The van der Waals surface area contributed by atoms with Crippen LogP contribution in [0.25, 0.3) is 0 Å². The highest BCUT2D eigenvalue weighted by atomic mass is 16.5. The number of hydrogen-bond donors (Lipinski definition) is 1. The Morgan fingerprint density at radius 2 is 2.05 bits per heavy atom. The van der Waals surface area contributed by atoms with Gasteiger partial charge in [-0.25, -0.2) is 0 Å². The van der Waals surface area contributed by atoms with E-state index < -0.39 is 17.3 Å². The number of nitrogens with zero attached hydrogens (tertiary/aromatic N) is 1. The highest BCUT2D eigenvalue weighted by Gasteiger charge is 2.42. The van der Waals surface area contributed by atoms with E-state index in [2.05, 4.69) is 5.32 Å². The quantitative estimate of drug-likeness (QED) is 0.619. The van der Waals surface area contributed by atoms with Crippen LogP contribution in [-0.4, -0.2) is 50.1 Å². The van der Waals surface area contributed by atoms with Gasteiger partial charge in [0.25, 0.3) is 0 Å². The highest BCUT2D eigenvalue weighted by molar-refractivity contribution is 5.98. The summed E-state index contributed by atoms with van der Waals surface area (Å²) in [5, 5.41) is 3.17. The maximum Gasteiger partial charge on any atom is 0.319 e. The first-order chi connectivity index (χ1) is 9.81. The summed E-state index contributed by atoms with van der Waals surface area (Å²) in [4.78, 5) is 26.9. The number of ether oxygens (including phenoxy) is 1. The summed E-state index contributed by atoms with van der Waals surface area (Å²) >= 11 is 0. The van der Waals surface area contributed by atoms with E-state index >= 15 is 0 Å². The van der Waals surface area contributed by atoms with Crippen molar-refractivity contribution < 1.29 is 14.3 Å². The van der Waals surface area contributed by atoms with E-state index in [1.807, 2.05) is 32.7 Å². The van der Waals surface area contributed by atoms with Gasteiger partial charge in [0.1, 0.15) is 5.92 Å². The molecule has 1 rings (SSSR count). The van der Waals surface area contributed by atoms with Crippen LogP contribution >= 0.6 is 0 Å². The Balaban J connectivity index is 2.82. The van der Waals surface area contributed by atoms with E-state index in [9.17, 15) is 9.59 Å². The van der Waals surface area contributed by atoms with Crippen LogP contribution in [0.5, 0.6) is 0 Å². The molecule has 5 nitrogen and oxygen atoms in total. The van der Waals surface area contributed by atoms with Crippen molar-refractivity contribution in [3.63, 3.8) is 0 Å². The molecule has 0 saturated carbocycles. The van der Waals surface area contributed by atoms with E-state index in [1.54, 1.807) is 6.92 Å². The lowest BCUT2D eigenvalue weighted by Gasteiger charge is -2.37. The van der Waals surface area contributed by atoms with Gasteiger partial charge in [0.2, 0.25) is 5.91 Å². The Hall–Kier alpha value is -1.10. The molecule has 122 valence electrons. The third-order valence-electron chi connectivity index (χ3n) is 3.96. The van der Waals surface area contributed by atoms with Gasteiger partial charge in [-0.1, -0.05) is 20.8 Å². The molecule has 1 saturated heterocycles. The van der Waals surface area contributed by atoms with Crippen molar-refractivity contribution in [1.29, 1.82) is 0 Å². The average molecular weight is 298 g/mol. The predicted molar refractivity (Wildman–Crippen MR) is 82.8 cm³/mol. The van der Waals surface area contributed by atoms with E-state index in [0.717, 1.165) is 32.5 Å². The molecule has 1 aliphatic rings. The number of likely N-dealkylation sites (tertiary alicyclic amines) is 1. The summed E-state index contributed by atoms with van der Waals surface area (Å²) in [6, 6.07) is 0. The van der Waals surface area contributed by atoms with Gasteiger partial charge in [-0.05, 0) is 44.7 Å². The average Bonchev–Trinajstić information content (AvgIpc) is 2.38. The first kappa shape index (κ1) is 18.0. The molecule has 0 aliphatic carbocycles. The zero-order chi connectivity index (χ0) is 16.0. The first-order valence-electron chi connectivity index (χ1n) is 7.91. The summed E-state index contributed by atoms with van der Waals surface area (Å²) in [6.07, 6.45) is 2.13. The van der Waals surface area contributed by atoms with Crippen LogP contribution in [-0.2, 0) is 14.3 Å². The summed E-state index contributed by atoms with van der Waals surface area (Å²) in [5.41, 5.74) is -0.431. The maximum atomic E-state index is 12.8. The normalized spacial score (nSPS) is 21.0. The van der Waals surface area contributed by atoms with Crippen LogP contribution in [0, 0.1) is 17.3 Å². The van der Waals surface area contributed by atoms with E-state index in [-0.39, 0.29) is 5.91 Å². The van der Waals surface area contributed by atoms with E-state index in [0.29, 0.717) is 12.5 Å². The topological polar surface area (TPSA) is 58.6 Å². The molecule has 21 heavy (non-hydrogen) atoms. The van der Waals surface area contributed by atoms with Crippen molar-refractivity contribution in [2.24, 2.45) is 17.3 Å². The monoisotopic (exact) mass is 298 g/mol. The number of carbonyl (C=O) groups is 2.